The fraction of sp³-hybridized carbons (Fsp3) is 0.355. The van der Waals surface area contributed by atoms with Crippen molar-refractivity contribution in [3.8, 4) is 0 Å². The maximum atomic E-state index is 14.0. The number of carbonyl (C=O) groups excluding carboxylic acids is 2. The Balaban J connectivity index is 1.66. The number of hydrogen-bond donors (Lipinski definition) is 1. The summed E-state index contributed by atoms with van der Waals surface area (Å²) in [6.45, 7) is 3.18. The molecular weight excluding hydrogens is 581 g/mol. The standard InChI is InChI=1S/C31H35Cl2N3O4S/c1-22-8-16-28(17-9-22)36(41(39,40)29-18-14-26(33)15-19-29)21-30(37)35(20-24-10-12-25(32)13-11-24)23(2)31(38)34-27-6-4-3-5-7-27/h8-19,23,27H,3-7,20-21H2,1-2H3,(H,34,38)/t23-/m0/s1. The quantitative estimate of drug-likeness (QED) is 0.287. The fourth-order valence-corrected chi connectivity index (χ4v) is 6.58. The van der Waals surface area contributed by atoms with Gasteiger partial charge in [0.25, 0.3) is 10.0 Å². The van der Waals surface area contributed by atoms with Gasteiger partial charge in [0.1, 0.15) is 12.6 Å². The van der Waals surface area contributed by atoms with Crippen LogP contribution >= 0.6 is 23.2 Å². The second-order valence-electron chi connectivity index (χ2n) is 10.5. The molecule has 3 aromatic rings. The van der Waals surface area contributed by atoms with Crippen LogP contribution in [0.25, 0.3) is 0 Å². The Morgan fingerprint density at radius 3 is 2.02 bits per heavy atom. The van der Waals surface area contributed by atoms with Crippen molar-refractivity contribution in [1.29, 1.82) is 0 Å². The lowest BCUT2D eigenvalue weighted by atomic mass is 9.95. The molecule has 1 aliphatic carbocycles. The van der Waals surface area contributed by atoms with E-state index in [4.69, 9.17) is 23.2 Å². The van der Waals surface area contributed by atoms with Gasteiger partial charge in [-0.25, -0.2) is 8.42 Å². The van der Waals surface area contributed by atoms with Gasteiger partial charge < -0.3 is 10.2 Å². The molecule has 0 radical (unpaired) electrons. The second kappa shape index (κ2) is 13.7. The van der Waals surface area contributed by atoms with Crippen molar-refractivity contribution in [1.82, 2.24) is 10.2 Å². The molecule has 0 spiro atoms. The Labute approximate surface area is 252 Å². The van der Waals surface area contributed by atoms with Gasteiger partial charge in [0.05, 0.1) is 10.6 Å². The SMILES string of the molecule is Cc1ccc(N(CC(=O)N(Cc2ccc(Cl)cc2)[C@@H](C)C(=O)NC2CCCCC2)S(=O)(=O)c2ccc(Cl)cc2)cc1. The van der Waals surface area contributed by atoms with E-state index in [0.717, 1.165) is 47.5 Å². The summed E-state index contributed by atoms with van der Waals surface area (Å²) in [6.07, 6.45) is 5.08. The highest BCUT2D eigenvalue weighted by atomic mass is 35.5. The average Bonchev–Trinajstić information content (AvgIpc) is 2.96. The summed E-state index contributed by atoms with van der Waals surface area (Å²) in [7, 11) is -4.15. The highest BCUT2D eigenvalue weighted by Crippen LogP contribution is 2.26. The maximum absolute atomic E-state index is 14.0. The highest BCUT2D eigenvalue weighted by molar-refractivity contribution is 7.92. The van der Waals surface area contributed by atoms with Crippen LogP contribution in [0.15, 0.2) is 77.7 Å². The molecule has 1 N–H and O–H groups in total. The number of aryl methyl sites for hydroxylation is 1. The predicted octanol–water partition coefficient (Wildman–Crippen LogP) is 6.36. The number of carbonyl (C=O) groups is 2. The molecule has 0 heterocycles. The molecule has 1 atom stereocenters. The summed E-state index contributed by atoms with van der Waals surface area (Å²) in [5.74, 6) is -0.772. The van der Waals surface area contributed by atoms with Crippen LogP contribution in [0.1, 0.15) is 50.2 Å². The molecule has 7 nitrogen and oxygen atoms in total. The number of hydrogen-bond acceptors (Lipinski definition) is 4. The molecule has 41 heavy (non-hydrogen) atoms. The molecule has 2 amide bonds. The van der Waals surface area contributed by atoms with Crippen molar-refractivity contribution < 1.29 is 18.0 Å². The van der Waals surface area contributed by atoms with Gasteiger partial charge in [0, 0.05) is 22.6 Å². The number of sulfonamides is 1. The number of halogens is 2. The molecule has 0 aromatic heterocycles. The number of amides is 2. The molecule has 218 valence electrons. The molecule has 1 fully saturated rings. The molecule has 1 saturated carbocycles. The summed E-state index contributed by atoms with van der Waals surface area (Å²) in [5.41, 5.74) is 2.05. The third-order valence-electron chi connectivity index (χ3n) is 7.39. The fourth-order valence-electron chi connectivity index (χ4n) is 4.91. The predicted molar refractivity (Wildman–Crippen MR) is 164 cm³/mol. The van der Waals surface area contributed by atoms with Crippen molar-refractivity contribution >= 4 is 50.7 Å². The molecule has 0 unspecified atom stereocenters. The van der Waals surface area contributed by atoms with Gasteiger partial charge in [-0.05, 0) is 80.8 Å². The van der Waals surface area contributed by atoms with E-state index in [9.17, 15) is 18.0 Å². The molecule has 0 saturated heterocycles. The van der Waals surface area contributed by atoms with E-state index in [-0.39, 0.29) is 23.4 Å². The number of anilines is 1. The smallest absolute Gasteiger partial charge is 0.264 e. The Morgan fingerprint density at radius 1 is 0.878 bits per heavy atom. The van der Waals surface area contributed by atoms with Crippen LogP contribution in [-0.4, -0.2) is 43.8 Å². The number of benzene rings is 3. The van der Waals surface area contributed by atoms with E-state index in [1.54, 1.807) is 55.5 Å². The van der Waals surface area contributed by atoms with Crippen LogP contribution in [0.4, 0.5) is 5.69 Å². The van der Waals surface area contributed by atoms with Crippen molar-refractivity contribution in [2.24, 2.45) is 0 Å². The van der Waals surface area contributed by atoms with E-state index < -0.39 is 28.5 Å². The Hall–Kier alpha value is -3.07. The van der Waals surface area contributed by atoms with Crippen LogP contribution < -0.4 is 9.62 Å². The van der Waals surface area contributed by atoms with Gasteiger partial charge in [-0.3, -0.25) is 13.9 Å². The zero-order chi connectivity index (χ0) is 29.6. The van der Waals surface area contributed by atoms with E-state index in [1.807, 2.05) is 6.92 Å². The molecule has 0 aliphatic heterocycles. The minimum absolute atomic E-state index is 0.00242. The van der Waals surface area contributed by atoms with Gasteiger partial charge >= 0.3 is 0 Å². The average molecular weight is 617 g/mol. The van der Waals surface area contributed by atoms with Crippen molar-refractivity contribution in [3.05, 3.63) is 94.0 Å². The van der Waals surface area contributed by atoms with Crippen molar-refractivity contribution in [2.75, 3.05) is 10.8 Å². The van der Waals surface area contributed by atoms with Crippen molar-refractivity contribution in [3.63, 3.8) is 0 Å². The minimum Gasteiger partial charge on any atom is -0.352 e. The summed E-state index contributed by atoms with van der Waals surface area (Å²) in [4.78, 5) is 28.8. The maximum Gasteiger partial charge on any atom is 0.264 e. The first kappa shape index (κ1) is 30.9. The summed E-state index contributed by atoms with van der Waals surface area (Å²) in [5, 5.41) is 4.05. The van der Waals surface area contributed by atoms with Gasteiger partial charge in [-0.2, -0.15) is 0 Å². The largest absolute Gasteiger partial charge is 0.352 e. The number of nitrogens with zero attached hydrogens (tertiary/aromatic N) is 2. The summed E-state index contributed by atoms with van der Waals surface area (Å²) in [6, 6.07) is 19.0. The second-order valence-corrected chi connectivity index (χ2v) is 13.2. The molecular formula is C31H35Cl2N3O4S. The van der Waals surface area contributed by atoms with E-state index in [2.05, 4.69) is 5.32 Å². The molecule has 4 rings (SSSR count). The summed E-state index contributed by atoms with van der Waals surface area (Å²) < 4.78 is 28.8. The Bertz CT molecular complexity index is 1440. The minimum atomic E-state index is -4.15. The first-order chi connectivity index (χ1) is 19.5. The lowest BCUT2D eigenvalue weighted by Crippen LogP contribution is -2.53. The monoisotopic (exact) mass is 615 g/mol. The lowest BCUT2D eigenvalue weighted by molar-refractivity contribution is -0.139. The molecule has 0 bridgehead atoms. The zero-order valence-electron chi connectivity index (χ0n) is 23.2. The number of rotatable bonds is 10. The summed E-state index contributed by atoms with van der Waals surface area (Å²) >= 11 is 12.1. The first-order valence-electron chi connectivity index (χ1n) is 13.7. The zero-order valence-corrected chi connectivity index (χ0v) is 25.6. The van der Waals surface area contributed by atoms with Crippen LogP contribution in [0.3, 0.4) is 0 Å². The van der Waals surface area contributed by atoms with Crippen LogP contribution in [0.5, 0.6) is 0 Å². The third kappa shape index (κ3) is 8.03. The Morgan fingerprint density at radius 2 is 1.44 bits per heavy atom. The lowest BCUT2D eigenvalue weighted by Gasteiger charge is -2.33. The Kier molecular flexibility index (Phi) is 10.3. The van der Waals surface area contributed by atoms with Gasteiger partial charge in [-0.1, -0.05) is 72.3 Å². The molecule has 3 aromatic carbocycles. The third-order valence-corrected chi connectivity index (χ3v) is 9.68. The van der Waals surface area contributed by atoms with Crippen LogP contribution in [0.2, 0.25) is 10.0 Å². The molecule has 10 heteroatoms. The highest BCUT2D eigenvalue weighted by Gasteiger charge is 2.33. The first-order valence-corrected chi connectivity index (χ1v) is 15.9. The van der Waals surface area contributed by atoms with E-state index >= 15 is 0 Å². The van der Waals surface area contributed by atoms with Crippen LogP contribution in [-0.2, 0) is 26.2 Å². The van der Waals surface area contributed by atoms with Crippen molar-refractivity contribution in [2.45, 2.75) is 69.5 Å². The van der Waals surface area contributed by atoms with Gasteiger partial charge in [0.2, 0.25) is 11.8 Å². The van der Waals surface area contributed by atoms with Crippen LogP contribution in [0, 0.1) is 6.92 Å². The van der Waals surface area contributed by atoms with E-state index in [0.29, 0.717) is 15.7 Å². The number of nitrogens with one attached hydrogen (secondary N) is 1. The normalized spacial score (nSPS) is 14.7. The van der Waals surface area contributed by atoms with Gasteiger partial charge in [-0.15, -0.1) is 0 Å². The molecule has 1 aliphatic rings. The topological polar surface area (TPSA) is 86.8 Å². The van der Waals surface area contributed by atoms with Gasteiger partial charge in [0.15, 0.2) is 0 Å². The van der Waals surface area contributed by atoms with E-state index in [1.165, 1.54) is 29.2 Å².